The molecule has 1 aliphatic rings. The second-order valence-corrected chi connectivity index (χ2v) is 17.8. The van der Waals surface area contributed by atoms with E-state index in [4.69, 9.17) is 4.42 Å². The molecule has 12 aromatic rings. The van der Waals surface area contributed by atoms with Gasteiger partial charge in [-0.3, -0.25) is 0 Å². The van der Waals surface area contributed by atoms with Gasteiger partial charge in [0.05, 0.1) is 5.41 Å². The summed E-state index contributed by atoms with van der Waals surface area (Å²) < 4.78 is 8.93. The van der Waals surface area contributed by atoms with Crippen LogP contribution in [0.2, 0.25) is 0 Å². The molecule has 0 fully saturated rings. The Morgan fingerprint density at radius 1 is 0.359 bits per heavy atom. The monoisotopic (exact) mass is 833 g/mol. The minimum atomic E-state index is -0.472. The minimum Gasteiger partial charge on any atom is -0.456 e. The first-order chi connectivity index (χ1) is 31.7. The van der Waals surface area contributed by atoms with Gasteiger partial charge in [0.25, 0.3) is 0 Å². The summed E-state index contributed by atoms with van der Waals surface area (Å²) in [5, 5.41) is 4.88. The van der Waals surface area contributed by atoms with Crippen LogP contribution in [0.15, 0.2) is 241 Å². The maximum absolute atomic E-state index is 6.31. The minimum absolute atomic E-state index is 0.472. The number of fused-ring (bicyclic) bond motifs is 9. The Kier molecular flexibility index (Phi) is 8.34. The number of hydrogen-bond donors (Lipinski definition) is 0. The van der Waals surface area contributed by atoms with Crippen molar-refractivity contribution >= 4 is 70.5 Å². The van der Waals surface area contributed by atoms with Crippen LogP contribution in [0.1, 0.15) is 22.3 Å². The zero-order valence-electron chi connectivity index (χ0n) is 34.8. The summed E-state index contributed by atoms with van der Waals surface area (Å²) in [6, 6.07) is 86.5. The highest BCUT2D eigenvalue weighted by atomic mass is 32.1. The van der Waals surface area contributed by atoms with Gasteiger partial charge in [-0.15, -0.1) is 11.3 Å². The van der Waals surface area contributed by atoms with E-state index >= 15 is 0 Å². The Bertz CT molecular complexity index is 3690. The smallest absolute Gasteiger partial charge is 0.136 e. The second-order valence-electron chi connectivity index (χ2n) is 16.7. The molecule has 0 N–H and O–H groups in total. The number of hydrogen-bond acceptors (Lipinski definition) is 3. The number of nitrogens with zero attached hydrogens (tertiary/aromatic N) is 1. The first kappa shape index (κ1) is 36.7. The van der Waals surface area contributed by atoms with Crippen LogP contribution in [0, 0.1) is 0 Å². The van der Waals surface area contributed by atoms with E-state index in [1.807, 2.05) is 23.5 Å². The molecule has 3 heteroatoms. The molecule has 2 heterocycles. The Hall–Kier alpha value is -7.98. The number of rotatable bonds is 7. The van der Waals surface area contributed by atoms with Crippen LogP contribution < -0.4 is 4.90 Å². The molecule has 64 heavy (non-hydrogen) atoms. The highest BCUT2D eigenvalue weighted by Gasteiger charge is 2.46. The lowest BCUT2D eigenvalue weighted by molar-refractivity contribution is 0.669. The summed E-state index contributed by atoms with van der Waals surface area (Å²) in [6.45, 7) is 0. The van der Waals surface area contributed by atoms with Gasteiger partial charge in [0, 0.05) is 48.0 Å². The molecule has 10 aromatic carbocycles. The lowest BCUT2D eigenvalue weighted by atomic mass is 9.68. The standard InChI is InChI=1S/C61H39NOS/c1-3-17-42(18-4-1)61(43-19-5-2-6-20-43)54-28-10-7-22-49(54)53-39-46(36-37-55(53)61)62(44-34-32-40(33-35-44)47-25-15-30-57-59(47)52-24-8-11-29-56(52)63-57)45-21-13-16-41(38-45)48-26-14-27-51-50-23-9-12-31-58(50)64-60(48)51/h1-39H. The fraction of sp³-hybridized carbons (Fsp3) is 0.0164. The van der Waals surface area contributed by atoms with Crippen LogP contribution >= 0.6 is 11.3 Å². The van der Waals surface area contributed by atoms with Crippen molar-refractivity contribution in [2.45, 2.75) is 5.41 Å². The van der Waals surface area contributed by atoms with Gasteiger partial charge < -0.3 is 9.32 Å². The molecule has 0 bridgehead atoms. The summed E-state index contributed by atoms with van der Waals surface area (Å²) in [5.41, 5.74) is 16.9. The summed E-state index contributed by atoms with van der Waals surface area (Å²) >= 11 is 1.87. The quantitative estimate of drug-likeness (QED) is 0.159. The molecule has 0 saturated carbocycles. The predicted octanol–water partition coefficient (Wildman–Crippen LogP) is 17.1. The maximum atomic E-state index is 6.31. The molecular weight excluding hydrogens is 795 g/mol. The fourth-order valence-corrected chi connectivity index (χ4v) is 11.9. The second kappa shape index (κ2) is 14.6. The number of furan rings is 1. The van der Waals surface area contributed by atoms with Crippen molar-refractivity contribution in [2.24, 2.45) is 0 Å². The van der Waals surface area contributed by atoms with Gasteiger partial charge in [-0.05, 0) is 110 Å². The lowest BCUT2D eigenvalue weighted by Crippen LogP contribution is -2.28. The highest BCUT2D eigenvalue weighted by Crippen LogP contribution is 2.57. The van der Waals surface area contributed by atoms with Crippen molar-refractivity contribution in [1.82, 2.24) is 0 Å². The van der Waals surface area contributed by atoms with E-state index in [0.29, 0.717) is 0 Å². The lowest BCUT2D eigenvalue weighted by Gasteiger charge is -2.34. The van der Waals surface area contributed by atoms with E-state index < -0.39 is 5.41 Å². The van der Waals surface area contributed by atoms with Gasteiger partial charge in [-0.25, -0.2) is 0 Å². The molecule has 13 rings (SSSR count). The first-order valence-electron chi connectivity index (χ1n) is 21.9. The molecule has 0 unspecified atom stereocenters. The molecule has 0 amide bonds. The van der Waals surface area contributed by atoms with Gasteiger partial charge in [-0.2, -0.15) is 0 Å². The van der Waals surface area contributed by atoms with E-state index in [1.54, 1.807) is 0 Å². The Morgan fingerprint density at radius 2 is 0.953 bits per heavy atom. The molecular formula is C61H39NOS. The predicted molar refractivity (Wildman–Crippen MR) is 269 cm³/mol. The highest BCUT2D eigenvalue weighted by molar-refractivity contribution is 7.26. The van der Waals surface area contributed by atoms with Crippen molar-refractivity contribution < 1.29 is 4.42 Å². The third-order valence-electron chi connectivity index (χ3n) is 13.4. The number of para-hydroxylation sites is 1. The SMILES string of the molecule is c1ccc(C2(c3ccccc3)c3ccccc3-c3cc(N(c4ccc(-c5cccc6oc7ccccc7c56)cc4)c4cccc(-c5cccc6c5sc5ccccc56)c4)ccc32)cc1. The van der Waals surface area contributed by atoms with Crippen LogP contribution in [-0.2, 0) is 5.41 Å². The summed E-state index contributed by atoms with van der Waals surface area (Å²) in [5.74, 6) is 0. The molecule has 0 aliphatic heterocycles. The van der Waals surface area contributed by atoms with E-state index in [0.717, 1.165) is 50.1 Å². The van der Waals surface area contributed by atoms with Crippen LogP contribution in [-0.4, -0.2) is 0 Å². The molecule has 0 saturated heterocycles. The van der Waals surface area contributed by atoms with Gasteiger partial charge >= 0.3 is 0 Å². The van der Waals surface area contributed by atoms with E-state index in [-0.39, 0.29) is 0 Å². The zero-order chi connectivity index (χ0) is 42.2. The van der Waals surface area contributed by atoms with E-state index in [2.05, 4.69) is 229 Å². The summed E-state index contributed by atoms with van der Waals surface area (Å²) in [6.07, 6.45) is 0. The Labute approximate surface area is 375 Å². The summed E-state index contributed by atoms with van der Waals surface area (Å²) in [7, 11) is 0. The van der Waals surface area contributed by atoms with Crippen molar-refractivity contribution in [1.29, 1.82) is 0 Å². The van der Waals surface area contributed by atoms with Gasteiger partial charge in [0.1, 0.15) is 11.2 Å². The number of benzene rings is 10. The van der Waals surface area contributed by atoms with Gasteiger partial charge in [0.15, 0.2) is 0 Å². The van der Waals surface area contributed by atoms with Crippen molar-refractivity contribution in [3.05, 3.63) is 259 Å². The largest absolute Gasteiger partial charge is 0.456 e. The molecule has 0 atom stereocenters. The molecule has 2 aromatic heterocycles. The van der Waals surface area contributed by atoms with E-state index in [1.165, 1.54) is 64.7 Å². The van der Waals surface area contributed by atoms with Gasteiger partial charge in [0.2, 0.25) is 0 Å². The third-order valence-corrected chi connectivity index (χ3v) is 14.6. The summed E-state index contributed by atoms with van der Waals surface area (Å²) in [4.78, 5) is 2.43. The topological polar surface area (TPSA) is 16.4 Å². The number of thiophene rings is 1. The van der Waals surface area contributed by atoms with Crippen molar-refractivity contribution in [2.75, 3.05) is 4.90 Å². The molecule has 1 aliphatic carbocycles. The average Bonchev–Trinajstić information content (AvgIpc) is 4.04. The first-order valence-corrected chi connectivity index (χ1v) is 22.7. The van der Waals surface area contributed by atoms with Crippen LogP contribution in [0.25, 0.3) is 75.5 Å². The number of anilines is 3. The van der Waals surface area contributed by atoms with Crippen LogP contribution in [0.3, 0.4) is 0 Å². The average molecular weight is 834 g/mol. The maximum Gasteiger partial charge on any atom is 0.136 e. The van der Waals surface area contributed by atoms with Crippen LogP contribution in [0.5, 0.6) is 0 Å². The normalized spacial score (nSPS) is 12.8. The third kappa shape index (κ3) is 5.51. The van der Waals surface area contributed by atoms with Crippen molar-refractivity contribution in [3.8, 4) is 33.4 Å². The van der Waals surface area contributed by atoms with Crippen LogP contribution in [0.4, 0.5) is 17.1 Å². The Morgan fingerprint density at radius 3 is 1.78 bits per heavy atom. The Balaban J connectivity index is 1.01. The molecule has 300 valence electrons. The van der Waals surface area contributed by atoms with E-state index in [9.17, 15) is 0 Å². The van der Waals surface area contributed by atoms with Crippen molar-refractivity contribution in [3.63, 3.8) is 0 Å². The molecule has 2 nitrogen and oxygen atoms in total. The van der Waals surface area contributed by atoms with Gasteiger partial charge in [-0.1, -0.05) is 182 Å². The molecule has 0 radical (unpaired) electrons. The fourth-order valence-electron chi connectivity index (χ4n) is 10.6. The molecule has 0 spiro atoms. The zero-order valence-corrected chi connectivity index (χ0v) is 35.6.